The molecule has 1 saturated carbocycles. The van der Waals surface area contributed by atoms with Crippen molar-refractivity contribution in [3.05, 3.63) is 34.9 Å². The minimum Gasteiger partial charge on any atom is -0.381 e. The van der Waals surface area contributed by atoms with Crippen LogP contribution in [0.1, 0.15) is 51.1 Å². The van der Waals surface area contributed by atoms with Crippen LogP contribution < -0.4 is 5.32 Å². The second-order valence-corrected chi connectivity index (χ2v) is 6.59. The Labute approximate surface area is 127 Å². The van der Waals surface area contributed by atoms with Gasteiger partial charge in [0.05, 0.1) is 6.10 Å². The summed E-state index contributed by atoms with van der Waals surface area (Å²) in [5, 5.41) is 4.64. The molecule has 1 unspecified atom stereocenters. The van der Waals surface area contributed by atoms with Gasteiger partial charge in [0, 0.05) is 24.2 Å². The standard InChI is InChI=1S/C17H26ClNO/c1-12(2)17(13-4-6-14(18)7-5-13)19-15-8-10-16(20-3)11-9-15/h4-7,12,15-17,19H,8-11H2,1-3H3. The lowest BCUT2D eigenvalue weighted by atomic mass is 9.89. The van der Waals surface area contributed by atoms with Crippen molar-refractivity contribution >= 4 is 11.6 Å². The Morgan fingerprint density at radius 3 is 2.20 bits per heavy atom. The first-order valence-corrected chi connectivity index (χ1v) is 8.02. The SMILES string of the molecule is COC1CCC(NC(c2ccc(Cl)cc2)C(C)C)CC1. The lowest BCUT2D eigenvalue weighted by molar-refractivity contribution is 0.0602. The fourth-order valence-corrected chi connectivity index (χ4v) is 3.19. The van der Waals surface area contributed by atoms with Gasteiger partial charge in [-0.05, 0) is 49.3 Å². The highest BCUT2D eigenvalue weighted by Crippen LogP contribution is 2.28. The van der Waals surface area contributed by atoms with E-state index in [0.29, 0.717) is 24.1 Å². The lowest BCUT2D eigenvalue weighted by Crippen LogP contribution is -2.39. The van der Waals surface area contributed by atoms with E-state index in [2.05, 4.69) is 31.3 Å². The molecular weight excluding hydrogens is 270 g/mol. The normalized spacial score (nSPS) is 24.9. The highest BCUT2D eigenvalue weighted by atomic mass is 35.5. The molecule has 1 aromatic carbocycles. The number of nitrogens with one attached hydrogen (secondary N) is 1. The molecule has 1 N–H and O–H groups in total. The van der Waals surface area contributed by atoms with Crippen LogP contribution in [-0.4, -0.2) is 19.3 Å². The predicted molar refractivity (Wildman–Crippen MR) is 85.2 cm³/mol. The van der Waals surface area contributed by atoms with Crippen molar-refractivity contribution in [3.8, 4) is 0 Å². The molecule has 1 atom stereocenters. The van der Waals surface area contributed by atoms with Crippen LogP contribution in [0.4, 0.5) is 0 Å². The van der Waals surface area contributed by atoms with Gasteiger partial charge in [-0.1, -0.05) is 37.6 Å². The van der Waals surface area contributed by atoms with Gasteiger partial charge in [-0.15, -0.1) is 0 Å². The zero-order chi connectivity index (χ0) is 14.5. The van der Waals surface area contributed by atoms with Gasteiger partial charge in [0.2, 0.25) is 0 Å². The Kier molecular flexibility index (Phi) is 5.88. The summed E-state index contributed by atoms with van der Waals surface area (Å²) in [6.45, 7) is 4.54. The van der Waals surface area contributed by atoms with Crippen molar-refractivity contribution in [2.24, 2.45) is 5.92 Å². The molecule has 0 radical (unpaired) electrons. The summed E-state index contributed by atoms with van der Waals surface area (Å²) in [6.07, 6.45) is 5.20. The quantitative estimate of drug-likeness (QED) is 0.858. The molecule has 2 rings (SSSR count). The Balaban J connectivity index is 1.98. The van der Waals surface area contributed by atoms with Crippen LogP contribution in [0.15, 0.2) is 24.3 Å². The highest BCUT2D eigenvalue weighted by molar-refractivity contribution is 6.30. The van der Waals surface area contributed by atoms with Gasteiger partial charge in [-0.3, -0.25) is 0 Å². The molecule has 20 heavy (non-hydrogen) atoms. The Morgan fingerprint density at radius 1 is 1.10 bits per heavy atom. The molecule has 2 nitrogen and oxygen atoms in total. The second-order valence-electron chi connectivity index (χ2n) is 6.15. The van der Waals surface area contributed by atoms with E-state index in [0.717, 1.165) is 5.02 Å². The molecule has 1 aliphatic carbocycles. The third-order valence-electron chi connectivity index (χ3n) is 4.32. The molecule has 0 spiro atoms. The summed E-state index contributed by atoms with van der Waals surface area (Å²) in [6, 6.07) is 9.24. The zero-order valence-electron chi connectivity index (χ0n) is 12.7. The van der Waals surface area contributed by atoms with Crippen LogP contribution in [0.25, 0.3) is 0 Å². The largest absolute Gasteiger partial charge is 0.381 e. The number of halogens is 1. The molecule has 0 bridgehead atoms. The second kappa shape index (κ2) is 7.44. The van der Waals surface area contributed by atoms with E-state index in [1.54, 1.807) is 0 Å². The van der Waals surface area contributed by atoms with Crippen LogP contribution >= 0.6 is 11.6 Å². The predicted octanol–water partition coefficient (Wildman–Crippen LogP) is 4.58. The van der Waals surface area contributed by atoms with Crippen molar-refractivity contribution in [2.75, 3.05) is 7.11 Å². The monoisotopic (exact) mass is 295 g/mol. The minimum atomic E-state index is 0.399. The maximum absolute atomic E-state index is 5.99. The lowest BCUT2D eigenvalue weighted by Gasteiger charge is -2.33. The summed E-state index contributed by atoms with van der Waals surface area (Å²) >= 11 is 5.99. The number of hydrogen-bond donors (Lipinski definition) is 1. The number of methoxy groups -OCH3 is 1. The first-order chi connectivity index (χ1) is 9.60. The molecule has 0 aromatic heterocycles. The topological polar surface area (TPSA) is 21.3 Å². The van der Waals surface area contributed by atoms with E-state index < -0.39 is 0 Å². The summed E-state index contributed by atoms with van der Waals surface area (Å²) in [4.78, 5) is 0. The number of rotatable bonds is 5. The van der Waals surface area contributed by atoms with E-state index in [9.17, 15) is 0 Å². The molecule has 0 heterocycles. The Hall–Kier alpha value is -0.570. The maximum Gasteiger partial charge on any atom is 0.0572 e. The van der Waals surface area contributed by atoms with E-state index in [-0.39, 0.29) is 0 Å². The van der Waals surface area contributed by atoms with E-state index in [1.807, 2.05) is 19.2 Å². The average molecular weight is 296 g/mol. The van der Waals surface area contributed by atoms with Gasteiger partial charge >= 0.3 is 0 Å². The van der Waals surface area contributed by atoms with Gasteiger partial charge < -0.3 is 10.1 Å². The fourth-order valence-electron chi connectivity index (χ4n) is 3.06. The van der Waals surface area contributed by atoms with Crippen molar-refractivity contribution in [1.29, 1.82) is 0 Å². The summed E-state index contributed by atoms with van der Waals surface area (Å²) in [7, 11) is 1.82. The third kappa shape index (κ3) is 4.21. The van der Waals surface area contributed by atoms with E-state index in [1.165, 1.54) is 31.2 Å². The van der Waals surface area contributed by atoms with Gasteiger partial charge in [0.1, 0.15) is 0 Å². The van der Waals surface area contributed by atoms with Gasteiger partial charge in [0.15, 0.2) is 0 Å². The molecule has 1 fully saturated rings. The van der Waals surface area contributed by atoms with Gasteiger partial charge in [-0.25, -0.2) is 0 Å². The molecule has 1 aliphatic rings. The molecule has 112 valence electrons. The van der Waals surface area contributed by atoms with E-state index >= 15 is 0 Å². The smallest absolute Gasteiger partial charge is 0.0572 e. The first-order valence-electron chi connectivity index (χ1n) is 7.64. The Bertz CT molecular complexity index is 396. The molecule has 0 amide bonds. The first kappa shape index (κ1) is 15.8. The molecule has 1 aromatic rings. The minimum absolute atomic E-state index is 0.399. The average Bonchev–Trinajstić information content (AvgIpc) is 2.46. The fraction of sp³-hybridized carbons (Fsp3) is 0.647. The van der Waals surface area contributed by atoms with Crippen molar-refractivity contribution < 1.29 is 4.74 Å². The third-order valence-corrected chi connectivity index (χ3v) is 4.57. The van der Waals surface area contributed by atoms with Crippen molar-refractivity contribution in [2.45, 2.75) is 57.7 Å². The summed E-state index contributed by atoms with van der Waals surface area (Å²) in [5.41, 5.74) is 1.33. The maximum atomic E-state index is 5.99. The van der Waals surface area contributed by atoms with Crippen molar-refractivity contribution in [3.63, 3.8) is 0 Å². The van der Waals surface area contributed by atoms with Crippen LogP contribution in [-0.2, 0) is 4.74 Å². The molecule has 0 aliphatic heterocycles. The highest BCUT2D eigenvalue weighted by Gasteiger charge is 2.24. The summed E-state index contributed by atoms with van der Waals surface area (Å²) < 4.78 is 5.45. The van der Waals surface area contributed by atoms with Crippen LogP contribution in [0.3, 0.4) is 0 Å². The number of hydrogen-bond acceptors (Lipinski definition) is 2. The summed E-state index contributed by atoms with van der Waals surface area (Å²) in [5.74, 6) is 0.566. The van der Waals surface area contributed by atoms with Crippen LogP contribution in [0.5, 0.6) is 0 Å². The molecule has 3 heteroatoms. The zero-order valence-corrected chi connectivity index (χ0v) is 13.5. The van der Waals surface area contributed by atoms with Gasteiger partial charge in [-0.2, -0.15) is 0 Å². The van der Waals surface area contributed by atoms with E-state index in [4.69, 9.17) is 16.3 Å². The van der Waals surface area contributed by atoms with Gasteiger partial charge in [0.25, 0.3) is 0 Å². The van der Waals surface area contributed by atoms with Crippen LogP contribution in [0.2, 0.25) is 5.02 Å². The molecule has 0 saturated heterocycles. The molecular formula is C17H26ClNO. The Morgan fingerprint density at radius 2 is 1.70 bits per heavy atom. The number of benzene rings is 1. The van der Waals surface area contributed by atoms with Crippen LogP contribution in [0, 0.1) is 5.92 Å². The number of ether oxygens (including phenoxy) is 1. The van der Waals surface area contributed by atoms with Crippen molar-refractivity contribution in [1.82, 2.24) is 5.32 Å².